The molecule has 2 aliphatic heterocycles. The van der Waals surface area contributed by atoms with Gasteiger partial charge in [-0.2, -0.15) is 0 Å². The summed E-state index contributed by atoms with van der Waals surface area (Å²) in [6.07, 6.45) is 1.15. The molecule has 0 unspecified atom stereocenters. The highest BCUT2D eigenvalue weighted by Crippen LogP contribution is 2.29. The first kappa shape index (κ1) is 16.0. The molecule has 1 N–H and O–H groups in total. The number of carbonyl (C=O) groups excluding carboxylic acids is 2. The highest BCUT2D eigenvalue weighted by atomic mass is 35.5. The van der Waals surface area contributed by atoms with Crippen molar-refractivity contribution in [1.82, 2.24) is 4.90 Å². The molecule has 2 aliphatic rings. The smallest absolute Gasteiger partial charge is 0.306 e. The van der Waals surface area contributed by atoms with E-state index in [4.69, 9.17) is 16.7 Å². The topological polar surface area (TPSA) is 77.9 Å². The molecule has 23 heavy (non-hydrogen) atoms. The van der Waals surface area contributed by atoms with E-state index >= 15 is 0 Å². The summed E-state index contributed by atoms with van der Waals surface area (Å²) >= 11 is 5.84. The summed E-state index contributed by atoms with van der Waals surface area (Å²) in [4.78, 5) is 39.0. The van der Waals surface area contributed by atoms with Gasteiger partial charge in [-0.25, -0.2) is 4.90 Å². The number of nitrogens with zero attached hydrogens (tertiary/aromatic N) is 2. The standard InChI is InChI=1S/C16H17ClN2O4/c17-11-1-3-12(4-2-11)19-14(20)9-13(15(19)21)18-7-5-10(6-8-18)16(22)23/h1-4,10,13H,5-9H2,(H,22,23)/t13-/m1/s1. The first-order chi connectivity index (χ1) is 11.0. The molecule has 0 spiro atoms. The van der Waals surface area contributed by atoms with E-state index < -0.39 is 12.0 Å². The maximum Gasteiger partial charge on any atom is 0.306 e. The highest BCUT2D eigenvalue weighted by molar-refractivity contribution is 6.30. The van der Waals surface area contributed by atoms with Gasteiger partial charge in [-0.1, -0.05) is 11.6 Å². The molecule has 2 amide bonds. The lowest BCUT2D eigenvalue weighted by Gasteiger charge is -2.33. The van der Waals surface area contributed by atoms with Crippen LogP contribution in [0.15, 0.2) is 24.3 Å². The fraction of sp³-hybridized carbons (Fsp3) is 0.438. The van der Waals surface area contributed by atoms with Crippen molar-refractivity contribution >= 4 is 35.1 Å². The van der Waals surface area contributed by atoms with Crippen molar-refractivity contribution in [2.24, 2.45) is 5.92 Å². The molecule has 7 heteroatoms. The molecular formula is C16H17ClN2O4. The average Bonchev–Trinajstić information content (AvgIpc) is 2.83. The minimum atomic E-state index is -0.790. The van der Waals surface area contributed by atoms with Gasteiger partial charge in [0.1, 0.15) is 0 Å². The number of piperidine rings is 1. The Morgan fingerprint density at radius 1 is 1.13 bits per heavy atom. The summed E-state index contributed by atoms with van der Waals surface area (Å²) < 4.78 is 0. The summed E-state index contributed by atoms with van der Waals surface area (Å²) in [5.74, 6) is -1.62. The van der Waals surface area contributed by atoms with Gasteiger partial charge >= 0.3 is 5.97 Å². The number of hydrogen-bond donors (Lipinski definition) is 1. The van der Waals surface area contributed by atoms with Crippen LogP contribution in [0.3, 0.4) is 0 Å². The Bertz CT molecular complexity index is 638. The molecule has 0 radical (unpaired) electrons. The van der Waals surface area contributed by atoms with Gasteiger partial charge in [0.15, 0.2) is 0 Å². The highest BCUT2D eigenvalue weighted by Gasteiger charge is 2.43. The summed E-state index contributed by atoms with van der Waals surface area (Å²) in [5.41, 5.74) is 0.521. The normalized spacial score (nSPS) is 23.5. The SMILES string of the molecule is O=C(O)C1CCN([C@@H]2CC(=O)N(c3ccc(Cl)cc3)C2=O)CC1. The third-order valence-corrected chi connectivity index (χ3v) is 4.78. The molecule has 2 fully saturated rings. The summed E-state index contributed by atoms with van der Waals surface area (Å²) in [5, 5.41) is 9.58. The largest absolute Gasteiger partial charge is 0.481 e. The fourth-order valence-electron chi connectivity index (χ4n) is 3.22. The summed E-state index contributed by atoms with van der Waals surface area (Å²) in [7, 11) is 0. The monoisotopic (exact) mass is 336 g/mol. The van der Waals surface area contributed by atoms with E-state index in [-0.39, 0.29) is 24.2 Å². The van der Waals surface area contributed by atoms with Crippen LogP contribution in [-0.4, -0.2) is 46.9 Å². The lowest BCUT2D eigenvalue weighted by atomic mass is 9.96. The zero-order chi connectivity index (χ0) is 16.6. The Morgan fingerprint density at radius 3 is 2.30 bits per heavy atom. The number of anilines is 1. The van der Waals surface area contributed by atoms with Crippen molar-refractivity contribution in [3.8, 4) is 0 Å². The molecule has 1 aromatic carbocycles. The number of hydrogen-bond acceptors (Lipinski definition) is 4. The number of benzene rings is 1. The number of imide groups is 1. The Morgan fingerprint density at radius 2 is 1.74 bits per heavy atom. The van der Waals surface area contributed by atoms with Crippen LogP contribution in [-0.2, 0) is 14.4 Å². The second kappa shape index (κ2) is 6.29. The molecule has 6 nitrogen and oxygen atoms in total. The predicted molar refractivity (Wildman–Crippen MR) is 84.3 cm³/mol. The third-order valence-electron chi connectivity index (χ3n) is 4.53. The van der Waals surface area contributed by atoms with Crippen LogP contribution in [0.1, 0.15) is 19.3 Å². The minimum Gasteiger partial charge on any atom is -0.481 e. The fourth-order valence-corrected chi connectivity index (χ4v) is 3.35. The van der Waals surface area contributed by atoms with E-state index in [1.54, 1.807) is 24.3 Å². The molecule has 2 saturated heterocycles. The number of carbonyl (C=O) groups is 3. The number of carboxylic acids is 1. The van der Waals surface area contributed by atoms with E-state index in [0.29, 0.717) is 36.6 Å². The molecule has 122 valence electrons. The third kappa shape index (κ3) is 3.09. The first-order valence-electron chi connectivity index (χ1n) is 7.56. The number of halogens is 1. The van der Waals surface area contributed by atoms with Gasteiger partial charge < -0.3 is 5.11 Å². The van der Waals surface area contributed by atoms with Crippen LogP contribution in [0.4, 0.5) is 5.69 Å². The number of aliphatic carboxylic acids is 1. The second-order valence-electron chi connectivity index (χ2n) is 5.91. The van der Waals surface area contributed by atoms with Crippen molar-refractivity contribution in [3.05, 3.63) is 29.3 Å². The summed E-state index contributed by atoms with van der Waals surface area (Å²) in [6.45, 7) is 1.05. The van der Waals surface area contributed by atoms with Gasteiger partial charge in [0.25, 0.3) is 5.91 Å². The van der Waals surface area contributed by atoms with Crippen molar-refractivity contribution in [1.29, 1.82) is 0 Å². The van der Waals surface area contributed by atoms with Crippen LogP contribution in [0.5, 0.6) is 0 Å². The van der Waals surface area contributed by atoms with Crippen LogP contribution >= 0.6 is 11.6 Å². The molecule has 0 bridgehead atoms. The molecule has 0 saturated carbocycles. The summed E-state index contributed by atoms with van der Waals surface area (Å²) in [6, 6.07) is 6.09. The average molecular weight is 337 g/mol. The quantitative estimate of drug-likeness (QED) is 0.851. The van der Waals surface area contributed by atoms with Crippen molar-refractivity contribution in [2.75, 3.05) is 18.0 Å². The van der Waals surface area contributed by atoms with Gasteiger partial charge in [-0.3, -0.25) is 19.3 Å². The molecule has 1 atom stereocenters. The number of rotatable bonds is 3. The molecule has 0 aromatic heterocycles. The number of carboxylic acid groups (broad SMARTS) is 1. The van der Waals surface area contributed by atoms with Crippen molar-refractivity contribution in [3.63, 3.8) is 0 Å². The minimum absolute atomic E-state index is 0.138. The van der Waals surface area contributed by atoms with E-state index in [9.17, 15) is 14.4 Å². The Hall–Kier alpha value is -1.92. The number of likely N-dealkylation sites (tertiary alicyclic amines) is 1. The molecule has 1 aromatic rings. The van der Waals surface area contributed by atoms with E-state index in [2.05, 4.69) is 0 Å². The van der Waals surface area contributed by atoms with Crippen LogP contribution in [0.2, 0.25) is 5.02 Å². The number of amides is 2. The van der Waals surface area contributed by atoms with Crippen molar-refractivity contribution < 1.29 is 19.5 Å². The van der Waals surface area contributed by atoms with Crippen LogP contribution < -0.4 is 4.90 Å². The zero-order valence-corrected chi connectivity index (χ0v) is 13.2. The lowest BCUT2D eigenvalue weighted by molar-refractivity contribution is -0.143. The van der Waals surface area contributed by atoms with Gasteiger partial charge in [0.2, 0.25) is 5.91 Å². The van der Waals surface area contributed by atoms with Gasteiger partial charge in [0.05, 0.1) is 24.1 Å². The molecule has 0 aliphatic carbocycles. The Labute approximate surface area is 138 Å². The predicted octanol–water partition coefficient (Wildman–Crippen LogP) is 1.77. The second-order valence-corrected chi connectivity index (χ2v) is 6.35. The van der Waals surface area contributed by atoms with Crippen LogP contribution in [0, 0.1) is 5.92 Å². The molecule has 3 rings (SSSR count). The maximum absolute atomic E-state index is 12.6. The van der Waals surface area contributed by atoms with Gasteiger partial charge in [-0.05, 0) is 50.2 Å². The van der Waals surface area contributed by atoms with E-state index in [1.807, 2.05) is 4.90 Å². The van der Waals surface area contributed by atoms with Gasteiger partial charge in [0, 0.05) is 5.02 Å². The first-order valence-corrected chi connectivity index (χ1v) is 7.94. The maximum atomic E-state index is 12.6. The Balaban J connectivity index is 1.72. The Kier molecular flexibility index (Phi) is 4.37. The van der Waals surface area contributed by atoms with Crippen LogP contribution in [0.25, 0.3) is 0 Å². The molecular weight excluding hydrogens is 320 g/mol. The van der Waals surface area contributed by atoms with Crippen molar-refractivity contribution in [2.45, 2.75) is 25.3 Å². The lowest BCUT2D eigenvalue weighted by Crippen LogP contribution is -2.46. The van der Waals surface area contributed by atoms with E-state index in [1.165, 1.54) is 4.90 Å². The van der Waals surface area contributed by atoms with Gasteiger partial charge in [-0.15, -0.1) is 0 Å². The molecule has 2 heterocycles. The van der Waals surface area contributed by atoms with E-state index in [0.717, 1.165) is 0 Å². The zero-order valence-electron chi connectivity index (χ0n) is 12.4.